The fourth-order valence-corrected chi connectivity index (χ4v) is 3.20. The van der Waals surface area contributed by atoms with E-state index in [1.807, 2.05) is 0 Å². The van der Waals surface area contributed by atoms with Crippen LogP contribution >= 0.6 is 11.8 Å². The van der Waals surface area contributed by atoms with E-state index in [1.165, 1.54) is 24.3 Å². The standard InChI is InChI=1S/C15H11N3O8S/c1-26-15(19)12-6-11(17(22)23)7-13(18(24)25)14(12)27-8-9-2-4-10(5-3-9)16(20)21/h2-7H,8H2,1H3. The van der Waals surface area contributed by atoms with Crippen molar-refractivity contribution in [1.82, 2.24) is 0 Å². The van der Waals surface area contributed by atoms with Crippen molar-refractivity contribution in [3.8, 4) is 0 Å². The summed E-state index contributed by atoms with van der Waals surface area (Å²) in [6, 6.07) is 7.19. The van der Waals surface area contributed by atoms with E-state index in [1.54, 1.807) is 0 Å². The largest absolute Gasteiger partial charge is 0.465 e. The highest BCUT2D eigenvalue weighted by atomic mass is 32.2. The fourth-order valence-electron chi connectivity index (χ4n) is 2.12. The van der Waals surface area contributed by atoms with Gasteiger partial charge in [0.15, 0.2) is 0 Å². The Morgan fingerprint density at radius 2 is 1.56 bits per heavy atom. The zero-order chi connectivity index (χ0) is 20.1. The summed E-state index contributed by atoms with van der Waals surface area (Å²) in [5.74, 6) is -0.811. The molecule has 0 atom stereocenters. The van der Waals surface area contributed by atoms with Crippen LogP contribution < -0.4 is 0 Å². The predicted molar refractivity (Wildman–Crippen MR) is 93.7 cm³/mol. The number of hydrogen-bond acceptors (Lipinski definition) is 9. The van der Waals surface area contributed by atoms with Crippen LogP contribution in [0.2, 0.25) is 0 Å². The molecule has 2 aromatic carbocycles. The van der Waals surface area contributed by atoms with Gasteiger partial charge in [0.2, 0.25) is 0 Å². The van der Waals surface area contributed by atoms with Crippen molar-refractivity contribution in [2.45, 2.75) is 10.6 Å². The Morgan fingerprint density at radius 1 is 0.963 bits per heavy atom. The van der Waals surface area contributed by atoms with Gasteiger partial charge in [0.1, 0.15) is 4.90 Å². The highest BCUT2D eigenvalue weighted by Gasteiger charge is 2.28. The first-order chi connectivity index (χ1) is 12.7. The molecule has 0 aliphatic carbocycles. The average Bonchev–Trinajstić information content (AvgIpc) is 2.65. The van der Waals surface area contributed by atoms with Crippen LogP contribution in [-0.4, -0.2) is 27.8 Å². The molecule has 27 heavy (non-hydrogen) atoms. The first-order valence-electron chi connectivity index (χ1n) is 7.16. The van der Waals surface area contributed by atoms with Gasteiger partial charge in [-0.3, -0.25) is 30.3 Å². The lowest BCUT2D eigenvalue weighted by molar-refractivity contribution is -0.396. The highest BCUT2D eigenvalue weighted by Crippen LogP contribution is 2.38. The number of hydrogen-bond donors (Lipinski definition) is 0. The van der Waals surface area contributed by atoms with Gasteiger partial charge in [-0.1, -0.05) is 12.1 Å². The van der Waals surface area contributed by atoms with Crippen LogP contribution in [0.25, 0.3) is 0 Å². The second-order valence-electron chi connectivity index (χ2n) is 5.06. The third kappa shape index (κ3) is 4.55. The number of nitro benzene ring substituents is 3. The summed E-state index contributed by atoms with van der Waals surface area (Å²) in [4.78, 5) is 42.6. The van der Waals surface area contributed by atoms with Gasteiger partial charge >= 0.3 is 5.97 Å². The molecule has 0 aliphatic heterocycles. The predicted octanol–water partition coefficient (Wildman–Crippen LogP) is 3.49. The Bertz CT molecular complexity index is 929. The number of carbonyl (C=O) groups is 1. The van der Waals surface area contributed by atoms with Crippen molar-refractivity contribution in [3.05, 3.63) is 77.9 Å². The fraction of sp³-hybridized carbons (Fsp3) is 0.133. The number of benzene rings is 2. The monoisotopic (exact) mass is 393 g/mol. The molecule has 0 fully saturated rings. The van der Waals surface area contributed by atoms with Crippen LogP contribution in [0.15, 0.2) is 41.3 Å². The van der Waals surface area contributed by atoms with Crippen molar-refractivity contribution in [2.75, 3.05) is 7.11 Å². The first kappa shape index (κ1) is 19.8. The summed E-state index contributed by atoms with van der Waals surface area (Å²) in [6.45, 7) is 0. The first-order valence-corrected chi connectivity index (χ1v) is 8.14. The third-order valence-corrected chi connectivity index (χ3v) is 4.59. The van der Waals surface area contributed by atoms with Gasteiger partial charge in [-0.25, -0.2) is 4.79 Å². The van der Waals surface area contributed by atoms with E-state index < -0.39 is 32.1 Å². The molecule has 0 aliphatic rings. The summed E-state index contributed by atoms with van der Waals surface area (Å²) in [5.41, 5.74) is -1.02. The molecule has 140 valence electrons. The minimum Gasteiger partial charge on any atom is -0.465 e. The van der Waals surface area contributed by atoms with Crippen LogP contribution in [0, 0.1) is 30.3 Å². The number of nitro groups is 3. The molecule has 0 radical (unpaired) electrons. The normalized spacial score (nSPS) is 10.3. The van der Waals surface area contributed by atoms with E-state index in [4.69, 9.17) is 0 Å². The van der Waals surface area contributed by atoms with Gasteiger partial charge < -0.3 is 4.74 Å². The van der Waals surface area contributed by atoms with Crippen LogP contribution in [-0.2, 0) is 10.5 Å². The van der Waals surface area contributed by atoms with Crippen molar-refractivity contribution in [2.24, 2.45) is 0 Å². The molecule has 0 saturated heterocycles. The molecule has 0 unspecified atom stereocenters. The van der Waals surface area contributed by atoms with Gasteiger partial charge in [0.25, 0.3) is 17.1 Å². The van der Waals surface area contributed by atoms with E-state index in [2.05, 4.69) is 4.74 Å². The van der Waals surface area contributed by atoms with Crippen molar-refractivity contribution in [3.63, 3.8) is 0 Å². The zero-order valence-corrected chi connectivity index (χ0v) is 14.5. The molecular weight excluding hydrogens is 382 g/mol. The lowest BCUT2D eigenvalue weighted by atomic mass is 10.1. The number of nitrogens with zero attached hydrogens (tertiary/aromatic N) is 3. The van der Waals surface area contributed by atoms with Crippen LogP contribution in [0.1, 0.15) is 15.9 Å². The number of non-ortho nitro benzene ring substituents is 2. The van der Waals surface area contributed by atoms with Crippen LogP contribution in [0.5, 0.6) is 0 Å². The molecule has 0 aromatic heterocycles. The molecule has 2 aromatic rings. The van der Waals surface area contributed by atoms with Crippen molar-refractivity contribution >= 4 is 34.8 Å². The van der Waals surface area contributed by atoms with E-state index in [9.17, 15) is 35.1 Å². The third-order valence-electron chi connectivity index (χ3n) is 3.40. The number of rotatable bonds is 7. The minimum atomic E-state index is -0.951. The molecule has 11 nitrogen and oxygen atoms in total. The summed E-state index contributed by atoms with van der Waals surface area (Å²) >= 11 is 0.899. The van der Waals surface area contributed by atoms with E-state index in [0.29, 0.717) is 5.56 Å². The maximum Gasteiger partial charge on any atom is 0.339 e. The van der Waals surface area contributed by atoms with Crippen LogP contribution in [0.4, 0.5) is 17.1 Å². The van der Waals surface area contributed by atoms with E-state index >= 15 is 0 Å². The second kappa shape index (κ2) is 8.23. The maximum atomic E-state index is 12.0. The number of carbonyl (C=O) groups excluding carboxylic acids is 1. The van der Waals surface area contributed by atoms with Gasteiger partial charge in [-0.05, 0) is 5.56 Å². The summed E-state index contributed by atoms with van der Waals surface area (Å²) in [7, 11) is 1.05. The Morgan fingerprint density at radius 3 is 2.04 bits per heavy atom. The number of methoxy groups -OCH3 is 1. The topological polar surface area (TPSA) is 156 Å². The summed E-state index contributed by atoms with van der Waals surface area (Å²) in [6.07, 6.45) is 0. The molecule has 12 heteroatoms. The van der Waals surface area contributed by atoms with Crippen molar-refractivity contribution < 1.29 is 24.3 Å². The van der Waals surface area contributed by atoms with E-state index in [-0.39, 0.29) is 21.9 Å². The Balaban J connectivity index is 2.43. The number of ether oxygens (including phenoxy) is 1. The minimum absolute atomic E-state index is 0.0872. The number of thioether (sulfide) groups is 1. The van der Waals surface area contributed by atoms with Gasteiger partial charge in [-0.15, -0.1) is 11.8 Å². The zero-order valence-electron chi connectivity index (χ0n) is 13.7. The van der Waals surface area contributed by atoms with Gasteiger partial charge in [0, 0.05) is 24.0 Å². The smallest absolute Gasteiger partial charge is 0.339 e. The Labute approximate surface area is 155 Å². The Hall–Kier alpha value is -3.54. The molecule has 0 N–H and O–H groups in total. The summed E-state index contributed by atoms with van der Waals surface area (Å²) < 4.78 is 4.57. The second-order valence-corrected chi connectivity index (χ2v) is 6.05. The molecular formula is C15H11N3O8S. The lowest BCUT2D eigenvalue weighted by Gasteiger charge is -2.09. The van der Waals surface area contributed by atoms with Gasteiger partial charge in [-0.2, -0.15) is 0 Å². The Kier molecular flexibility index (Phi) is 6.03. The SMILES string of the molecule is COC(=O)c1cc([N+](=O)[O-])cc([N+](=O)[O-])c1SCc1ccc([N+](=O)[O-])cc1. The number of esters is 1. The lowest BCUT2D eigenvalue weighted by Crippen LogP contribution is -2.07. The molecule has 0 amide bonds. The molecule has 0 spiro atoms. The van der Waals surface area contributed by atoms with Crippen molar-refractivity contribution in [1.29, 1.82) is 0 Å². The molecule has 0 bridgehead atoms. The molecule has 2 rings (SSSR count). The quantitative estimate of drug-likeness (QED) is 0.297. The highest BCUT2D eigenvalue weighted by molar-refractivity contribution is 7.98. The molecule has 0 heterocycles. The van der Waals surface area contributed by atoms with E-state index in [0.717, 1.165) is 31.0 Å². The molecule has 0 saturated carbocycles. The average molecular weight is 393 g/mol. The maximum absolute atomic E-state index is 12.0. The van der Waals surface area contributed by atoms with Gasteiger partial charge in [0.05, 0.1) is 33.5 Å². The van der Waals surface area contributed by atoms with Crippen LogP contribution in [0.3, 0.4) is 0 Å². The summed E-state index contributed by atoms with van der Waals surface area (Å²) in [5, 5.41) is 33.0.